The van der Waals surface area contributed by atoms with Crippen molar-refractivity contribution < 1.29 is 24.0 Å². The van der Waals surface area contributed by atoms with Gasteiger partial charge in [-0.3, -0.25) is 14.9 Å². The van der Waals surface area contributed by atoms with Gasteiger partial charge in [-0.2, -0.15) is 5.10 Å². The Kier molecular flexibility index (Phi) is 8.84. The largest absolute Gasteiger partial charge is 0.444 e. The number of carbonyl (C=O) groups is 2. The fourth-order valence-corrected chi connectivity index (χ4v) is 2.47. The Hall–Kier alpha value is -3.79. The molecule has 2 aromatic carbocycles. The molecule has 0 fully saturated rings. The minimum atomic E-state index is -1.07. The van der Waals surface area contributed by atoms with Gasteiger partial charge in [-0.1, -0.05) is 42.5 Å². The minimum Gasteiger partial charge on any atom is -0.444 e. The molecular weight excluding hydrogens is 416 g/mol. The lowest BCUT2D eigenvalue weighted by Gasteiger charge is -2.22. The van der Waals surface area contributed by atoms with Crippen LogP contribution in [-0.2, 0) is 20.9 Å². The fourth-order valence-electron chi connectivity index (χ4n) is 2.47. The number of benzene rings is 2. The Morgan fingerprint density at radius 1 is 1.16 bits per heavy atom. The van der Waals surface area contributed by atoms with Gasteiger partial charge in [0.2, 0.25) is 0 Å². The Bertz CT molecular complexity index is 956. The van der Waals surface area contributed by atoms with Gasteiger partial charge in [0.05, 0.1) is 24.4 Å². The molecule has 0 spiro atoms. The Balaban J connectivity index is 2.00. The maximum atomic E-state index is 12.6. The molecule has 2 rings (SSSR count). The highest BCUT2D eigenvalue weighted by Gasteiger charge is 2.24. The summed E-state index contributed by atoms with van der Waals surface area (Å²) in [4.78, 5) is 35.0. The van der Waals surface area contributed by atoms with Crippen LogP contribution in [0.15, 0.2) is 59.7 Å². The predicted molar refractivity (Wildman–Crippen MR) is 118 cm³/mol. The number of hydrogen-bond donors (Lipinski definition) is 2. The van der Waals surface area contributed by atoms with Gasteiger partial charge in [-0.05, 0) is 26.3 Å². The van der Waals surface area contributed by atoms with Gasteiger partial charge in [0.25, 0.3) is 11.6 Å². The number of hydrazone groups is 1. The molecule has 0 aliphatic heterocycles. The van der Waals surface area contributed by atoms with Gasteiger partial charge in [-0.15, -0.1) is 0 Å². The quantitative estimate of drug-likeness (QED) is 0.348. The normalized spacial score (nSPS) is 12.2. The zero-order valence-corrected chi connectivity index (χ0v) is 18.1. The number of nitrogens with one attached hydrogen (secondary N) is 2. The molecule has 10 nitrogen and oxygen atoms in total. The Labute approximate surface area is 185 Å². The van der Waals surface area contributed by atoms with E-state index in [0.29, 0.717) is 5.56 Å². The van der Waals surface area contributed by atoms with Crippen LogP contribution in [0.25, 0.3) is 0 Å². The van der Waals surface area contributed by atoms with E-state index in [9.17, 15) is 19.7 Å². The average Bonchev–Trinajstić information content (AvgIpc) is 2.72. The third kappa shape index (κ3) is 8.92. The second-order valence-electron chi connectivity index (χ2n) is 7.79. The smallest absolute Gasteiger partial charge is 0.408 e. The second-order valence-corrected chi connectivity index (χ2v) is 7.79. The number of alkyl carbamates (subject to hydrolysis) is 1. The molecule has 0 aliphatic carbocycles. The lowest BCUT2D eigenvalue weighted by Crippen LogP contribution is -2.49. The Morgan fingerprint density at radius 2 is 1.88 bits per heavy atom. The molecular formula is C22H26N4O6. The highest BCUT2D eigenvalue weighted by Crippen LogP contribution is 2.11. The molecule has 0 radical (unpaired) electrons. The van der Waals surface area contributed by atoms with Crippen molar-refractivity contribution in [1.29, 1.82) is 0 Å². The maximum Gasteiger partial charge on any atom is 0.408 e. The summed E-state index contributed by atoms with van der Waals surface area (Å²) in [7, 11) is 0. The summed E-state index contributed by atoms with van der Waals surface area (Å²) in [6.07, 6.45) is 0.490. The van der Waals surface area contributed by atoms with E-state index in [4.69, 9.17) is 9.47 Å². The molecule has 0 saturated heterocycles. The molecule has 0 bridgehead atoms. The van der Waals surface area contributed by atoms with Crippen molar-refractivity contribution in [3.05, 3.63) is 75.8 Å². The van der Waals surface area contributed by atoms with E-state index in [1.165, 1.54) is 24.4 Å². The van der Waals surface area contributed by atoms with Crippen molar-refractivity contribution >= 4 is 23.9 Å². The average molecular weight is 442 g/mol. The van der Waals surface area contributed by atoms with Gasteiger partial charge in [0, 0.05) is 17.7 Å². The molecule has 0 unspecified atom stereocenters. The molecule has 32 heavy (non-hydrogen) atoms. The van der Waals surface area contributed by atoms with E-state index in [2.05, 4.69) is 15.8 Å². The minimum absolute atomic E-state index is 0.0981. The van der Waals surface area contributed by atoms with E-state index in [0.717, 1.165) is 5.56 Å². The molecule has 2 aromatic rings. The molecule has 0 aromatic heterocycles. The van der Waals surface area contributed by atoms with Gasteiger partial charge < -0.3 is 14.8 Å². The molecule has 2 N–H and O–H groups in total. The van der Waals surface area contributed by atoms with Crippen molar-refractivity contribution in [3.8, 4) is 0 Å². The van der Waals surface area contributed by atoms with Crippen LogP contribution in [0.3, 0.4) is 0 Å². The number of ether oxygens (including phenoxy) is 2. The number of nitro groups is 1. The van der Waals surface area contributed by atoms with Crippen molar-refractivity contribution in [2.75, 3.05) is 6.61 Å². The van der Waals surface area contributed by atoms with Crippen molar-refractivity contribution in [1.82, 2.24) is 10.7 Å². The molecule has 170 valence electrons. The third-order valence-corrected chi connectivity index (χ3v) is 3.87. The monoisotopic (exact) mass is 442 g/mol. The van der Waals surface area contributed by atoms with E-state index >= 15 is 0 Å². The van der Waals surface area contributed by atoms with Gasteiger partial charge in [0.15, 0.2) is 0 Å². The van der Waals surface area contributed by atoms with Crippen LogP contribution >= 0.6 is 0 Å². The van der Waals surface area contributed by atoms with E-state index in [-0.39, 0.29) is 18.9 Å². The summed E-state index contributed by atoms with van der Waals surface area (Å²) in [6.45, 7) is 5.24. The van der Waals surface area contributed by atoms with Crippen molar-refractivity contribution in [2.24, 2.45) is 5.10 Å². The van der Waals surface area contributed by atoms with Crippen LogP contribution in [0, 0.1) is 10.1 Å². The number of hydrogen-bond acceptors (Lipinski definition) is 7. The van der Waals surface area contributed by atoms with Gasteiger partial charge in [-0.25, -0.2) is 10.2 Å². The van der Waals surface area contributed by atoms with Crippen molar-refractivity contribution in [3.63, 3.8) is 0 Å². The van der Waals surface area contributed by atoms with Gasteiger partial charge in [0.1, 0.15) is 11.6 Å². The lowest BCUT2D eigenvalue weighted by molar-refractivity contribution is -0.384. The van der Waals surface area contributed by atoms with E-state index in [1.54, 1.807) is 26.8 Å². The van der Waals surface area contributed by atoms with Crippen LogP contribution in [0.4, 0.5) is 10.5 Å². The van der Waals surface area contributed by atoms with E-state index in [1.807, 2.05) is 30.3 Å². The molecule has 0 heterocycles. The highest BCUT2D eigenvalue weighted by atomic mass is 16.6. The van der Waals surface area contributed by atoms with Crippen LogP contribution in [0.5, 0.6) is 0 Å². The number of carbonyl (C=O) groups excluding carboxylic acids is 2. The topological polar surface area (TPSA) is 132 Å². The van der Waals surface area contributed by atoms with E-state index < -0.39 is 28.6 Å². The number of amides is 2. The standard InChI is InChI=1S/C22H26N4O6/c1-22(2,3)32-21(28)24-19(15-31-14-16-8-5-4-6-9-16)20(27)25-23-13-17-10-7-11-18(12-17)26(29)30/h4-13,19H,14-15H2,1-3H3,(H,24,28)(H,25,27)/b23-13-/t19-/m0/s1. The van der Waals surface area contributed by atoms with Crippen LogP contribution < -0.4 is 10.7 Å². The van der Waals surface area contributed by atoms with Crippen molar-refractivity contribution in [2.45, 2.75) is 39.0 Å². The zero-order chi connectivity index (χ0) is 23.6. The molecule has 0 aliphatic rings. The second kappa shape index (κ2) is 11.6. The summed E-state index contributed by atoms with van der Waals surface area (Å²) < 4.78 is 10.8. The first-order chi connectivity index (χ1) is 15.1. The summed E-state index contributed by atoms with van der Waals surface area (Å²) in [6, 6.07) is 14.1. The fraction of sp³-hybridized carbons (Fsp3) is 0.318. The Morgan fingerprint density at radius 3 is 2.53 bits per heavy atom. The van der Waals surface area contributed by atoms with Crippen LogP contribution in [0.2, 0.25) is 0 Å². The highest BCUT2D eigenvalue weighted by molar-refractivity contribution is 5.87. The summed E-state index contributed by atoms with van der Waals surface area (Å²) in [5.74, 6) is -0.634. The summed E-state index contributed by atoms with van der Waals surface area (Å²) in [5, 5.41) is 17.1. The van der Waals surface area contributed by atoms with Gasteiger partial charge >= 0.3 is 6.09 Å². The summed E-state index contributed by atoms with van der Waals surface area (Å²) in [5.41, 5.74) is 2.81. The number of rotatable bonds is 9. The number of nitrogens with zero attached hydrogens (tertiary/aromatic N) is 2. The molecule has 2 amide bonds. The predicted octanol–water partition coefficient (Wildman–Crippen LogP) is 3.16. The first-order valence-corrected chi connectivity index (χ1v) is 9.82. The number of nitro benzene ring substituents is 1. The summed E-state index contributed by atoms with van der Waals surface area (Å²) >= 11 is 0. The molecule has 1 atom stereocenters. The zero-order valence-electron chi connectivity index (χ0n) is 18.1. The first kappa shape index (κ1) is 24.5. The molecule has 10 heteroatoms. The molecule has 0 saturated carbocycles. The van der Waals surface area contributed by atoms with Crippen LogP contribution in [0.1, 0.15) is 31.9 Å². The lowest BCUT2D eigenvalue weighted by atomic mass is 10.2. The third-order valence-electron chi connectivity index (χ3n) is 3.87. The van der Waals surface area contributed by atoms with Crippen LogP contribution in [-0.4, -0.2) is 41.4 Å². The first-order valence-electron chi connectivity index (χ1n) is 9.82. The maximum absolute atomic E-state index is 12.6. The SMILES string of the molecule is CC(C)(C)OC(=O)N[C@@H](COCc1ccccc1)C(=O)N/N=C\c1cccc([N+](=O)[O-])c1. The number of non-ortho nitro benzene ring substituents is 1.